The van der Waals surface area contributed by atoms with E-state index in [2.05, 4.69) is 34.6 Å². The Morgan fingerprint density at radius 2 is 2.00 bits per heavy atom. The van der Waals surface area contributed by atoms with Gasteiger partial charge in [0.05, 0.1) is 12.0 Å². The Morgan fingerprint density at radius 1 is 1.42 bits per heavy atom. The van der Waals surface area contributed by atoms with E-state index in [-0.39, 0.29) is 16.8 Å². The highest BCUT2D eigenvalue weighted by atomic mass is 16.6. The van der Waals surface area contributed by atoms with Crippen molar-refractivity contribution in [3.05, 3.63) is 0 Å². The van der Waals surface area contributed by atoms with Gasteiger partial charge in [0.25, 0.3) is 0 Å². The molecule has 0 aromatic carbocycles. The van der Waals surface area contributed by atoms with Crippen molar-refractivity contribution >= 4 is 11.9 Å². The van der Waals surface area contributed by atoms with Gasteiger partial charge in [0.15, 0.2) is 0 Å². The van der Waals surface area contributed by atoms with Gasteiger partial charge in [-0.25, -0.2) is 4.79 Å². The van der Waals surface area contributed by atoms with E-state index in [1.807, 2.05) is 0 Å². The molecule has 2 atom stereocenters. The number of esters is 2. The first kappa shape index (κ1) is 14.4. The molecule has 1 heterocycles. The minimum atomic E-state index is -0.694. The van der Waals surface area contributed by atoms with Crippen molar-refractivity contribution in [2.45, 2.75) is 60.0 Å². The SMILES string of the molecule is CC(C)(C)CC1(C(=O)OC2CCOC2=O)CC1(C)C. The molecule has 108 valence electrons. The van der Waals surface area contributed by atoms with Gasteiger partial charge in [-0.3, -0.25) is 4.79 Å². The Morgan fingerprint density at radius 3 is 2.37 bits per heavy atom. The summed E-state index contributed by atoms with van der Waals surface area (Å²) >= 11 is 0. The van der Waals surface area contributed by atoms with Crippen LogP contribution in [0.15, 0.2) is 0 Å². The topological polar surface area (TPSA) is 52.6 Å². The minimum absolute atomic E-state index is 0.0418. The van der Waals surface area contributed by atoms with Gasteiger partial charge >= 0.3 is 11.9 Å². The fraction of sp³-hybridized carbons (Fsp3) is 0.867. The smallest absolute Gasteiger partial charge is 0.347 e. The molecule has 0 aromatic heterocycles. The number of carbonyl (C=O) groups is 2. The fourth-order valence-electron chi connectivity index (χ4n) is 3.16. The van der Waals surface area contributed by atoms with Gasteiger partial charge in [-0.1, -0.05) is 34.6 Å². The molecule has 1 aliphatic carbocycles. The predicted molar refractivity (Wildman–Crippen MR) is 70.4 cm³/mol. The number of carbonyl (C=O) groups excluding carboxylic acids is 2. The highest BCUT2D eigenvalue weighted by Crippen LogP contribution is 2.68. The summed E-state index contributed by atoms with van der Waals surface area (Å²) in [7, 11) is 0. The molecule has 1 saturated carbocycles. The fourth-order valence-corrected chi connectivity index (χ4v) is 3.16. The summed E-state index contributed by atoms with van der Waals surface area (Å²) in [5.74, 6) is -0.631. The lowest BCUT2D eigenvalue weighted by Gasteiger charge is -2.28. The van der Waals surface area contributed by atoms with E-state index in [0.29, 0.717) is 13.0 Å². The predicted octanol–water partition coefficient (Wildman–Crippen LogP) is 2.70. The average Bonchev–Trinajstić information content (AvgIpc) is 2.57. The average molecular weight is 268 g/mol. The van der Waals surface area contributed by atoms with Crippen LogP contribution >= 0.6 is 0 Å². The van der Waals surface area contributed by atoms with E-state index in [0.717, 1.165) is 12.8 Å². The number of hydrogen-bond acceptors (Lipinski definition) is 4. The molecule has 19 heavy (non-hydrogen) atoms. The Hall–Kier alpha value is -1.06. The van der Waals surface area contributed by atoms with Crippen LogP contribution in [0, 0.1) is 16.2 Å². The number of cyclic esters (lactones) is 1. The van der Waals surface area contributed by atoms with Crippen molar-refractivity contribution in [1.82, 2.24) is 0 Å². The van der Waals surface area contributed by atoms with Crippen LogP contribution in [0.5, 0.6) is 0 Å². The molecule has 0 spiro atoms. The second-order valence-corrected chi connectivity index (χ2v) is 7.73. The highest BCUT2D eigenvalue weighted by Gasteiger charge is 2.68. The second kappa shape index (κ2) is 4.22. The summed E-state index contributed by atoms with van der Waals surface area (Å²) in [4.78, 5) is 23.9. The summed E-state index contributed by atoms with van der Waals surface area (Å²) in [5.41, 5.74) is -0.420. The normalized spacial score (nSPS) is 32.9. The van der Waals surface area contributed by atoms with E-state index >= 15 is 0 Å². The summed E-state index contributed by atoms with van der Waals surface area (Å²) in [6, 6.07) is 0. The first-order valence-electron chi connectivity index (χ1n) is 6.95. The molecule has 2 rings (SSSR count). The molecule has 1 aliphatic heterocycles. The maximum Gasteiger partial charge on any atom is 0.347 e. The molecule has 0 amide bonds. The lowest BCUT2D eigenvalue weighted by molar-refractivity contribution is -0.166. The van der Waals surface area contributed by atoms with Crippen LogP contribution in [0.2, 0.25) is 0 Å². The van der Waals surface area contributed by atoms with Gasteiger partial charge in [0.1, 0.15) is 0 Å². The molecule has 4 heteroatoms. The zero-order valence-corrected chi connectivity index (χ0v) is 12.5. The zero-order chi connectivity index (χ0) is 14.5. The first-order chi connectivity index (χ1) is 8.57. The van der Waals surface area contributed by atoms with Crippen molar-refractivity contribution in [2.24, 2.45) is 16.2 Å². The molecule has 0 radical (unpaired) electrons. The van der Waals surface area contributed by atoms with Gasteiger partial charge in [0.2, 0.25) is 6.10 Å². The van der Waals surface area contributed by atoms with Crippen LogP contribution < -0.4 is 0 Å². The largest absolute Gasteiger partial charge is 0.463 e. The lowest BCUT2D eigenvalue weighted by Crippen LogP contribution is -2.33. The second-order valence-electron chi connectivity index (χ2n) is 7.73. The van der Waals surface area contributed by atoms with E-state index in [9.17, 15) is 9.59 Å². The Bertz CT molecular complexity index is 405. The first-order valence-corrected chi connectivity index (χ1v) is 6.95. The molecular weight excluding hydrogens is 244 g/mol. The van der Waals surface area contributed by atoms with Gasteiger partial charge in [-0.15, -0.1) is 0 Å². The van der Waals surface area contributed by atoms with Crippen LogP contribution in [-0.4, -0.2) is 24.6 Å². The highest BCUT2D eigenvalue weighted by molar-refractivity contribution is 5.86. The van der Waals surface area contributed by atoms with E-state index < -0.39 is 17.5 Å². The summed E-state index contributed by atoms with van der Waals surface area (Å²) in [5, 5.41) is 0. The van der Waals surface area contributed by atoms with Crippen molar-refractivity contribution < 1.29 is 19.1 Å². The summed E-state index contributed by atoms with van der Waals surface area (Å²) < 4.78 is 10.3. The van der Waals surface area contributed by atoms with Crippen molar-refractivity contribution in [3.63, 3.8) is 0 Å². The molecule has 2 unspecified atom stereocenters. The van der Waals surface area contributed by atoms with Crippen molar-refractivity contribution in [1.29, 1.82) is 0 Å². The Balaban J connectivity index is 2.09. The zero-order valence-electron chi connectivity index (χ0n) is 12.5. The van der Waals surface area contributed by atoms with Crippen molar-refractivity contribution in [2.75, 3.05) is 6.61 Å². The monoisotopic (exact) mass is 268 g/mol. The van der Waals surface area contributed by atoms with Gasteiger partial charge in [-0.05, 0) is 23.7 Å². The molecule has 1 saturated heterocycles. The van der Waals surface area contributed by atoms with Crippen molar-refractivity contribution in [3.8, 4) is 0 Å². The van der Waals surface area contributed by atoms with Gasteiger partial charge < -0.3 is 9.47 Å². The van der Waals surface area contributed by atoms with Crippen LogP contribution in [0.4, 0.5) is 0 Å². The van der Waals surface area contributed by atoms with E-state index in [1.54, 1.807) is 0 Å². The molecule has 0 aromatic rings. The molecule has 0 bridgehead atoms. The Kier molecular flexibility index (Phi) is 3.19. The third-order valence-corrected chi connectivity index (χ3v) is 4.27. The molecule has 2 fully saturated rings. The molecule has 0 N–H and O–H groups in total. The standard InChI is InChI=1S/C15H24O4/c1-13(2,3)8-15(9-14(15,4)5)12(17)19-10-6-7-18-11(10)16/h10H,6-9H2,1-5H3. The van der Waals surface area contributed by atoms with Gasteiger partial charge in [0, 0.05) is 6.42 Å². The van der Waals surface area contributed by atoms with Crippen LogP contribution in [0.25, 0.3) is 0 Å². The lowest BCUT2D eigenvalue weighted by atomic mass is 9.79. The molecule has 4 nitrogen and oxygen atoms in total. The summed E-state index contributed by atoms with van der Waals surface area (Å²) in [6.45, 7) is 10.9. The quantitative estimate of drug-likeness (QED) is 0.738. The van der Waals surface area contributed by atoms with E-state index in [1.165, 1.54) is 0 Å². The third-order valence-electron chi connectivity index (χ3n) is 4.27. The minimum Gasteiger partial charge on any atom is -0.463 e. The molecular formula is C15H24O4. The summed E-state index contributed by atoms with van der Waals surface area (Å²) in [6.07, 6.45) is 1.41. The van der Waals surface area contributed by atoms with Crippen LogP contribution in [0.1, 0.15) is 53.9 Å². The molecule has 2 aliphatic rings. The maximum absolute atomic E-state index is 12.5. The van der Waals surface area contributed by atoms with Crippen LogP contribution in [-0.2, 0) is 19.1 Å². The van der Waals surface area contributed by atoms with Crippen LogP contribution in [0.3, 0.4) is 0 Å². The third kappa shape index (κ3) is 2.63. The number of rotatable bonds is 3. The van der Waals surface area contributed by atoms with E-state index in [4.69, 9.17) is 9.47 Å². The Labute approximate surface area is 114 Å². The maximum atomic E-state index is 12.5. The number of hydrogen-bond donors (Lipinski definition) is 0. The van der Waals surface area contributed by atoms with Gasteiger partial charge in [-0.2, -0.15) is 0 Å². The number of ether oxygens (including phenoxy) is 2.